The lowest BCUT2D eigenvalue weighted by molar-refractivity contribution is 0.943. The van der Waals surface area contributed by atoms with E-state index in [0.717, 1.165) is 0 Å². The highest BCUT2D eigenvalue weighted by Crippen LogP contribution is 2.32. The monoisotopic (exact) mass is 192 g/mol. The van der Waals surface area contributed by atoms with E-state index in [1.54, 1.807) is 0 Å². The van der Waals surface area contributed by atoms with Gasteiger partial charge in [-0.25, -0.2) is 0 Å². The molecule has 0 aromatic heterocycles. The summed E-state index contributed by atoms with van der Waals surface area (Å²) in [5, 5.41) is 0. The summed E-state index contributed by atoms with van der Waals surface area (Å²) in [4.78, 5) is 0. The quantitative estimate of drug-likeness (QED) is 0.557. The van der Waals surface area contributed by atoms with E-state index in [1.807, 2.05) is 0 Å². The fraction of sp³-hybridized carbons (Fsp3) is 0.143. The maximum absolute atomic E-state index is 2.31. The Bertz CT molecular complexity index is 514. The molecule has 0 nitrogen and oxygen atoms in total. The molecule has 0 spiro atoms. The zero-order valence-corrected chi connectivity index (χ0v) is 8.96. The summed E-state index contributed by atoms with van der Waals surface area (Å²) in [5.74, 6) is 0. The Hall–Kier alpha value is -1.50. The van der Waals surface area contributed by atoms with Crippen molar-refractivity contribution >= 4 is 13.3 Å². The number of hydrogen-bond acceptors (Lipinski definition) is 0. The van der Waals surface area contributed by atoms with Gasteiger partial charge in [0.15, 0.2) is 0 Å². The Balaban J connectivity index is 2.28. The molecule has 0 N–H and O–H groups in total. The van der Waals surface area contributed by atoms with Crippen LogP contribution in [0.2, 0.25) is 0 Å². The molecule has 72 valence electrons. The fourth-order valence-electron chi connectivity index (χ4n) is 2.43. The van der Waals surface area contributed by atoms with Gasteiger partial charge in [0.05, 0.1) is 0 Å². The zero-order valence-electron chi connectivity index (χ0n) is 8.96. The molecule has 0 saturated carbocycles. The first-order chi connectivity index (χ1) is 7.34. The Morgan fingerprint density at radius 3 is 2.40 bits per heavy atom. The molecule has 0 heterocycles. The minimum atomic E-state index is 1.19. The molecule has 0 radical (unpaired) electrons. The van der Waals surface area contributed by atoms with Gasteiger partial charge in [0, 0.05) is 0 Å². The SMILES string of the molecule is Bc1ccc2c(c1)-c1ccccc1CC2. The first kappa shape index (κ1) is 8.78. The van der Waals surface area contributed by atoms with Gasteiger partial charge >= 0.3 is 0 Å². The van der Waals surface area contributed by atoms with E-state index in [1.165, 1.54) is 40.6 Å². The summed E-state index contributed by atoms with van der Waals surface area (Å²) in [6, 6.07) is 15.6. The Morgan fingerprint density at radius 2 is 1.53 bits per heavy atom. The van der Waals surface area contributed by atoms with E-state index in [2.05, 4.69) is 50.3 Å². The molecule has 0 fully saturated rings. The van der Waals surface area contributed by atoms with Gasteiger partial charge in [-0.05, 0) is 35.1 Å². The van der Waals surface area contributed by atoms with Crippen molar-refractivity contribution in [2.75, 3.05) is 0 Å². The second kappa shape index (κ2) is 3.27. The first-order valence-electron chi connectivity index (χ1n) is 5.52. The highest BCUT2D eigenvalue weighted by molar-refractivity contribution is 6.32. The van der Waals surface area contributed by atoms with Crippen LogP contribution in [-0.4, -0.2) is 7.85 Å². The second-order valence-electron chi connectivity index (χ2n) is 4.32. The van der Waals surface area contributed by atoms with E-state index in [0.29, 0.717) is 0 Å². The van der Waals surface area contributed by atoms with Gasteiger partial charge in [0.2, 0.25) is 0 Å². The Morgan fingerprint density at radius 1 is 0.800 bits per heavy atom. The van der Waals surface area contributed by atoms with Crippen LogP contribution in [0.1, 0.15) is 11.1 Å². The average molecular weight is 192 g/mol. The summed E-state index contributed by atoms with van der Waals surface area (Å²) in [6.45, 7) is 0. The summed E-state index contributed by atoms with van der Waals surface area (Å²) < 4.78 is 0. The molecule has 1 aliphatic carbocycles. The molecule has 0 amide bonds. The van der Waals surface area contributed by atoms with Crippen molar-refractivity contribution in [2.24, 2.45) is 0 Å². The number of fused-ring (bicyclic) bond motifs is 3. The first-order valence-corrected chi connectivity index (χ1v) is 5.52. The Labute approximate surface area is 91.4 Å². The summed E-state index contributed by atoms with van der Waals surface area (Å²) in [5.41, 5.74) is 7.22. The van der Waals surface area contributed by atoms with Gasteiger partial charge < -0.3 is 0 Å². The van der Waals surface area contributed by atoms with Crippen LogP contribution >= 0.6 is 0 Å². The zero-order chi connectivity index (χ0) is 10.3. The lowest BCUT2D eigenvalue weighted by Crippen LogP contribution is -2.09. The van der Waals surface area contributed by atoms with Gasteiger partial charge in [-0.15, -0.1) is 0 Å². The second-order valence-corrected chi connectivity index (χ2v) is 4.32. The van der Waals surface area contributed by atoms with Crippen molar-refractivity contribution in [1.82, 2.24) is 0 Å². The van der Waals surface area contributed by atoms with Crippen molar-refractivity contribution in [3.05, 3.63) is 53.6 Å². The molecule has 2 aromatic carbocycles. The van der Waals surface area contributed by atoms with Crippen LogP contribution in [-0.2, 0) is 12.8 Å². The van der Waals surface area contributed by atoms with E-state index >= 15 is 0 Å². The topological polar surface area (TPSA) is 0 Å². The van der Waals surface area contributed by atoms with Crippen LogP contribution < -0.4 is 5.46 Å². The van der Waals surface area contributed by atoms with Crippen LogP contribution in [0, 0.1) is 0 Å². The van der Waals surface area contributed by atoms with Crippen molar-refractivity contribution in [1.29, 1.82) is 0 Å². The Kier molecular flexibility index (Phi) is 1.91. The van der Waals surface area contributed by atoms with Gasteiger partial charge in [0.1, 0.15) is 7.85 Å². The van der Waals surface area contributed by atoms with Gasteiger partial charge in [-0.1, -0.05) is 47.9 Å². The molecule has 1 aliphatic rings. The minimum Gasteiger partial charge on any atom is -0.0883 e. The smallest absolute Gasteiger partial charge is 0.0883 e. The molecule has 0 atom stereocenters. The highest BCUT2D eigenvalue weighted by Gasteiger charge is 2.14. The predicted molar refractivity (Wildman–Crippen MR) is 67.5 cm³/mol. The van der Waals surface area contributed by atoms with Crippen molar-refractivity contribution < 1.29 is 0 Å². The van der Waals surface area contributed by atoms with E-state index in [9.17, 15) is 0 Å². The van der Waals surface area contributed by atoms with Crippen molar-refractivity contribution in [3.63, 3.8) is 0 Å². The lowest BCUT2D eigenvalue weighted by Gasteiger charge is -2.20. The summed E-state index contributed by atoms with van der Waals surface area (Å²) in [7, 11) is 2.16. The lowest BCUT2D eigenvalue weighted by atomic mass is 9.82. The molecule has 0 saturated heterocycles. The van der Waals surface area contributed by atoms with Crippen molar-refractivity contribution in [2.45, 2.75) is 12.8 Å². The predicted octanol–water partition coefficient (Wildman–Crippen LogP) is 1.71. The molecule has 0 aliphatic heterocycles. The third-order valence-electron chi connectivity index (χ3n) is 3.24. The minimum absolute atomic E-state index is 1.19. The van der Waals surface area contributed by atoms with Crippen molar-refractivity contribution in [3.8, 4) is 11.1 Å². The van der Waals surface area contributed by atoms with Gasteiger partial charge in [0.25, 0.3) is 0 Å². The number of rotatable bonds is 0. The van der Waals surface area contributed by atoms with E-state index < -0.39 is 0 Å². The van der Waals surface area contributed by atoms with Crippen LogP contribution in [0.15, 0.2) is 42.5 Å². The van der Waals surface area contributed by atoms with E-state index in [-0.39, 0.29) is 0 Å². The average Bonchev–Trinajstić information content (AvgIpc) is 2.29. The fourth-order valence-corrected chi connectivity index (χ4v) is 2.43. The molecule has 2 aromatic rings. The molecule has 0 bridgehead atoms. The third-order valence-corrected chi connectivity index (χ3v) is 3.24. The third kappa shape index (κ3) is 1.39. The van der Waals surface area contributed by atoms with Gasteiger partial charge in [-0.2, -0.15) is 0 Å². The maximum Gasteiger partial charge on any atom is 0.139 e. The largest absolute Gasteiger partial charge is 0.139 e. The maximum atomic E-state index is 2.31. The number of hydrogen-bond donors (Lipinski definition) is 0. The van der Waals surface area contributed by atoms with Crippen LogP contribution in [0.25, 0.3) is 11.1 Å². The molecule has 3 rings (SSSR count). The molecule has 1 heteroatoms. The standard InChI is InChI=1S/C14H13B/c15-12-8-7-11-6-5-10-3-1-2-4-13(10)14(11)9-12/h1-4,7-9H,5-6,15H2. The molecular weight excluding hydrogens is 179 g/mol. The summed E-state index contributed by atoms with van der Waals surface area (Å²) in [6.07, 6.45) is 2.37. The molecular formula is C14H13B. The number of aryl methyl sites for hydroxylation is 2. The van der Waals surface area contributed by atoms with Crippen LogP contribution in [0.4, 0.5) is 0 Å². The number of benzene rings is 2. The van der Waals surface area contributed by atoms with Crippen LogP contribution in [0.5, 0.6) is 0 Å². The molecule has 0 unspecified atom stereocenters. The van der Waals surface area contributed by atoms with Gasteiger partial charge in [-0.3, -0.25) is 0 Å². The highest BCUT2D eigenvalue weighted by atomic mass is 14.2. The normalized spacial score (nSPS) is 13.1. The van der Waals surface area contributed by atoms with E-state index in [4.69, 9.17) is 0 Å². The van der Waals surface area contributed by atoms with Crippen LogP contribution in [0.3, 0.4) is 0 Å². The molecule has 15 heavy (non-hydrogen) atoms. The summed E-state index contributed by atoms with van der Waals surface area (Å²) >= 11 is 0.